The van der Waals surface area contributed by atoms with Gasteiger partial charge < -0.3 is 5.73 Å². The van der Waals surface area contributed by atoms with Crippen LogP contribution in [0.15, 0.2) is 35.2 Å². The summed E-state index contributed by atoms with van der Waals surface area (Å²) in [5.41, 5.74) is 5.43. The Morgan fingerprint density at radius 1 is 1.19 bits per heavy atom. The van der Waals surface area contributed by atoms with Gasteiger partial charge in [0.05, 0.1) is 10.6 Å². The fourth-order valence-electron chi connectivity index (χ4n) is 1.55. The number of hydrogen-bond donors (Lipinski definition) is 2. The third-order valence-corrected chi connectivity index (χ3v) is 6.54. The van der Waals surface area contributed by atoms with Crippen molar-refractivity contribution in [3.63, 3.8) is 0 Å². The molecule has 1 aromatic carbocycles. The monoisotopic (exact) mass is 335 g/mol. The first-order valence-corrected chi connectivity index (χ1v) is 9.50. The molecule has 1 aromatic rings. The molecule has 1 rings (SSSR count). The molecule has 1 unspecified atom stereocenters. The first kappa shape index (κ1) is 18.1. The van der Waals surface area contributed by atoms with E-state index in [9.17, 15) is 16.8 Å². The van der Waals surface area contributed by atoms with E-state index in [0.717, 1.165) is 4.31 Å². The minimum atomic E-state index is -3.69. The number of likely N-dealkylation sites (N-methyl/N-ethyl adjacent to an activating group) is 1. The van der Waals surface area contributed by atoms with Crippen LogP contribution in [0.4, 0.5) is 0 Å². The number of benzene rings is 1. The van der Waals surface area contributed by atoms with E-state index < -0.39 is 20.0 Å². The van der Waals surface area contributed by atoms with Crippen molar-refractivity contribution in [3.8, 4) is 0 Å². The summed E-state index contributed by atoms with van der Waals surface area (Å²) in [7, 11) is -5.81. The summed E-state index contributed by atoms with van der Waals surface area (Å²) >= 11 is 0. The summed E-state index contributed by atoms with van der Waals surface area (Å²) < 4.78 is 51.3. The highest BCUT2D eigenvalue weighted by Gasteiger charge is 2.23. The highest BCUT2D eigenvalue weighted by molar-refractivity contribution is 7.90. The minimum absolute atomic E-state index is 0.103. The van der Waals surface area contributed by atoms with E-state index in [1.54, 1.807) is 25.1 Å². The molecular weight excluding hydrogens is 314 g/mol. The van der Waals surface area contributed by atoms with Gasteiger partial charge in [0.25, 0.3) is 0 Å². The lowest BCUT2D eigenvalue weighted by Gasteiger charge is -2.22. The molecule has 3 N–H and O–H groups in total. The normalized spacial score (nSPS) is 14.3. The highest BCUT2D eigenvalue weighted by atomic mass is 32.2. The Hall–Kier alpha value is -1.00. The predicted octanol–water partition coefficient (Wildman–Crippen LogP) is -0.426. The molecule has 0 saturated heterocycles. The zero-order chi connectivity index (χ0) is 16.1. The molecule has 0 spiro atoms. The standard InChI is InChI=1S/C12H21N3O4S2/c1-11(10-13)15(2)20(16,17)9-8-14-21(18,19)12-6-4-3-5-7-12/h3-7,11,14H,8-10,13H2,1-2H3. The van der Waals surface area contributed by atoms with Gasteiger partial charge in [-0.1, -0.05) is 18.2 Å². The Morgan fingerprint density at radius 2 is 1.76 bits per heavy atom. The van der Waals surface area contributed by atoms with Crippen LogP contribution in [0.5, 0.6) is 0 Å². The van der Waals surface area contributed by atoms with E-state index in [0.29, 0.717) is 0 Å². The van der Waals surface area contributed by atoms with Gasteiger partial charge in [0.2, 0.25) is 20.0 Å². The molecule has 21 heavy (non-hydrogen) atoms. The van der Waals surface area contributed by atoms with Gasteiger partial charge in [-0.15, -0.1) is 0 Å². The van der Waals surface area contributed by atoms with Crippen LogP contribution in [-0.4, -0.2) is 53.1 Å². The van der Waals surface area contributed by atoms with Gasteiger partial charge in [0.1, 0.15) is 0 Å². The highest BCUT2D eigenvalue weighted by Crippen LogP contribution is 2.07. The van der Waals surface area contributed by atoms with Gasteiger partial charge in [-0.05, 0) is 19.1 Å². The number of nitrogens with two attached hydrogens (primary N) is 1. The van der Waals surface area contributed by atoms with Crippen LogP contribution in [0, 0.1) is 0 Å². The molecule has 0 fully saturated rings. The number of hydrogen-bond acceptors (Lipinski definition) is 5. The topological polar surface area (TPSA) is 110 Å². The zero-order valence-electron chi connectivity index (χ0n) is 12.1. The molecule has 7 nitrogen and oxygen atoms in total. The van der Waals surface area contributed by atoms with Gasteiger partial charge in [-0.3, -0.25) is 0 Å². The quantitative estimate of drug-likeness (QED) is 0.670. The third kappa shape index (κ3) is 5.04. The Morgan fingerprint density at radius 3 is 2.29 bits per heavy atom. The summed E-state index contributed by atoms with van der Waals surface area (Å²) in [6.45, 7) is 1.69. The molecule has 0 aliphatic rings. The average Bonchev–Trinajstić information content (AvgIpc) is 2.46. The van der Waals surface area contributed by atoms with E-state index in [1.807, 2.05) is 0 Å². The predicted molar refractivity (Wildman–Crippen MR) is 81.7 cm³/mol. The van der Waals surface area contributed by atoms with Crippen LogP contribution in [0.25, 0.3) is 0 Å². The number of sulfonamides is 2. The van der Waals surface area contributed by atoms with E-state index in [-0.39, 0.29) is 29.8 Å². The lowest BCUT2D eigenvalue weighted by molar-refractivity contribution is 0.394. The van der Waals surface area contributed by atoms with Gasteiger partial charge in [-0.2, -0.15) is 0 Å². The molecule has 0 aromatic heterocycles. The van der Waals surface area contributed by atoms with Crippen molar-refractivity contribution >= 4 is 20.0 Å². The summed E-state index contributed by atoms with van der Waals surface area (Å²) in [6.07, 6.45) is 0. The zero-order valence-corrected chi connectivity index (χ0v) is 13.7. The lowest BCUT2D eigenvalue weighted by Crippen LogP contribution is -2.43. The van der Waals surface area contributed by atoms with Crippen LogP contribution in [0.1, 0.15) is 6.92 Å². The van der Waals surface area contributed by atoms with Crippen LogP contribution in [0.3, 0.4) is 0 Å². The van der Waals surface area contributed by atoms with Crippen molar-refractivity contribution in [2.75, 3.05) is 25.9 Å². The Bertz CT molecular complexity index is 644. The van der Waals surface area contributed by atoms with Crippen molar-refractivity contribution in [2.24, 2.45) is 5.73 Å². The molecule has 0 radical (unpaired) electrons. The molecule has 0 bridgehead atoms. The van der Waals surface area contributed by atoms with Crippen molar-refractivity contribution in [1.29, 1.82) is 0 Å². The maximum atomic E-state index is 12.0. The SMILES string of the molecule is CC(CN)N(C)S(=O)(=O)CCNS(=O)(=O)c1ccccc1. The largest absolute Gasteiger partial charge is 0.329 e. The minimum Gasteiger partial charge on any atom is -0.329 e. The fraction of sp³-hybridized carbons (Fsp3) is 0.500. The summed E-state index contributed by atoms with van der Waals surface area (Å²) in [5.74, 6) is -0.320. The van der Waals surface area contributed by atoms with E-state index in [2.05, 4.69) is 4.72 Å². The molecule has 0 aliphatic heterocycles. The first-order chi connectivity index (χ1) is 9.70. The molecule has 0 heterocycles. The van der Waals surface area contributed by atoms with Crippen LogP contribution < -0.4 is 10.5 Å². The molecular formula is C12H21N3O4S2. The summed E-state index contributed by atoms with van der Waals surface area (Å²) in [6, 6.07) is 7.45. The number of nitrogens with one attached hydrogen (secondary N) is 1. The van der Waals surface area contributed by atoms with Crippen molar-refractivity contribution in [3.05, 3.63) is 30.3 Å². The second kappa shape index (κ2) is 7.32. The molecule has 0 aliphatic carbocycles. The summed E-state index contributed by atoms with van der Waals surface area (Å²) in [4.78, 5) is 0.103. The van der Waals surface area contributed by atoms with Crippen LogP contribution >= 0.6 is 0 Å². The van der Waals surface area contributed by atoms with Gasteiger partial charge in [0, 0.05) is 26.2 Å². The van der Waals surface area contributed by atoms with Crippen molar-refractivity contribution in [2.45, 2.75) is 17.9 Å². The number of nitrogens with zero attached hydrogens (tertiary/aromatic N) is 1. The molecule has 0 amide bonds. The van der Waals surface area contributed by atoms with Crippen molar-refractivity contribution < 1.29 is 16.8 Å². The van der Waals surface area contributed by atoms with E-state index >= 15 is 0 Å². The molecule has 0 saturated carbocycles. The molecule has 9 heteroatoms. The molecule has 120 valence electrons. The smallest absolute Gasteiger partial charge is 0.240 e. The third-order valence-electron chi connectivity index (χ3n) is 3.11. The first-order valence-electron chi connectivity index (χ1n) is 6.41. The summed E-state index contributed by atoms with van der Waals surface area (Å²) in [5, 5.41) is 0. The second-order valence-electron chi connectivity index (χ2n) is 4.63. The second-order valence-corrected chi connectivity index (χ2v) is 8.54. The maximum Gasteiger partial charge on any atom is 0.240 e. The Labute approximate surface area is 126 Å². The molecule has 1 atom stereocenters. The lowest BCUT2D eigenvalue weighted by atomic mass is 10.4. The van der Waals surface area contributed by atoms with Gasteiger partial charge in [0.15, 0.2) is 0 Å². The fourth-order valence-corrected chi connectivity index (χ4v) is 4.02. The van der Waals surface area contributed by atoms with E-state index in [1.165, 1.54) is 19.2 Å². The van der Waals surface area contributed by atoms with Crippen LogP contribution in [0.2, 0.25) is 0 Å². The van der Waals surface area contributed by atoms with Gasteiger partial charge >= 0.3 is 0 Å². The average molecular weight is 335 g/mol. The maximum absolute atomic E-state index is 12.0. The number of rotatable bonds is 8. The Kier molecular flexibility index (Phi) is 6.29. The Balaban J connectivity index is 2.65. The van der Waals surface area contributed by atoms with Crippen LogP contribution in [-0.2, 0) is 20.0 Å². The van der Waals surface area contributed by atoms with Crippen molar-refractivity contribution in [1.82, 2.24) is 9.03 Å². The van der Waals surface area contributed by atoms with E-state index in [4.69, 9.17) is 5.73 Å². The van der Waals surface area contributed by atoms with Gasteiger partial charge in [-0.25, -0.2) is 25.9 Å².